The highest BCUT2D eigenvalue weighted by Crippen LogP contribution is 2.18. The number of methoxy groups -OCH3 is 2. The Hall–Kier alpha value is -0.120. The Kier molecular flexibility index (Phi) is 5.46. The van der Waals surface area contributed by atoms with Crippen LogP contribution in [0.4, 0.5) is 0 Å². The molecule has 0 rings (SSSR count). The zero-order chi connectivity index (χ0) is 9.61. The van der Waals surface area contributed by atoms with E-state index >= 15 is 0 Å². The molecule has 0 spiro atoms. The van der Waals surface area contributed by atoms with Gasteiger partial charge in [0, 0.05) is 19.8 Å². The van der Waals surface area contributed by atoms with Crippen LogP contribution in [0.25, 0.3) is 0 Å². The molecule has 0 amide bonds. The second-order valence-electron chi connectivity index (χ2n) is 3.38. The van der Waals surface area contributed by atoms with Gasteiger partial charge in [0.15, 0.2) is 0 Å². The van der Waals surface area contributed by atoms with E-state index in [1.165, 1.54) is 0 Å². The van der Waals surface area contributed by atoms with E-state index in [9.17, 15) is 0 Å². The van der Waals surface area contributed by atoms with Gasteiger partial charge >= 0.3 is 0 Å². The summed E-state index contributed by atoms with van der Waals surface area (Å²) in [6.45, 7) is 5.44. The summed E-state index contributed by atoms with van der Waals surface area (Å²) in [5.41, 5.74) is 5.89. The Morgan fingerprint density at radius 3 is 2.25 bits per heavy atom. The van der Waals surface area contributed by atoms with E-state index in [1.807, 2.05) is 0 Å². The Morgan fingerprint density at radius 1 is 1.33 bits per heavy atom. The van der Waals surface area contributed by atoms with E-state index in [0.29, 0.717) is 19.1 Å². The lowest BCUT2D eigenvalue weighted by Gasteiger charge is -2.33. The van der Waals surface area contributed by atoms with Gasteiger partial charge in [0.25, 0.3) is 0 Å². The number of ether oxygens (including phenoxy) is 2. The van der Waals surface area contributed by atoms with Gasteiger partial charge in [0.1, 0.15) is 0 Å². The van der Waals surface area contributed by atoms with Crippen LogP contribution in [0, 0.1) is 5.92 Å². The molecule has 0 saturated carbocycles. The molecule has 74 valence electrons. The smallest absolute Gasteiger partial charge is 0.0645 e. The van der Waals surface area contributed by atoms with Crippen LogP contribution in [0.3, 0.4) is 0 Å². The molecule has 0 bridgehead atoms. The largest absolute Gasteiger partial charge is 0.384 e. The predicted molar refractivity (Wildman–Crippen MR) is 50.1 cm³/mol. The fourth-order valence-electron chi connectivity index (χ4n) is 1.28. The van der Waals surface area contributed by atoms with Crippen molar-refractivity contribution in [2.24, 2.45) is 11.7 Å². The van der Waals surface area contributed by atoms with Gasteiger partial charge in [-0.15, -0.1) is 0 Å². The topological polar surface area (TPSA) is 44.5 Å². The van der Waals surface area contributed by atoms with Crippen molar-refractivity contribution in [2.45, 2.75) is 25.8 Å². The molecule has 12 heavy (non-hydrogen) atoms. The summed E-state index contributed by atoms with van der Waals surface area (Å²) >= 11 is 0. The van der Waals surface area contributed by atoms with Crippen molar-refractivity contribution in [1.29, 1.82) is 0 Å². The average Bonchev–Trinajstić information content (AvgIpc) is 2.05. The fraction of sp³-hybridized carbons (Fsp3) is 1.00. The highest BCUT2D eigenvalue weighted by molar-refractivity contribution is 4.87. The maximum Gasteiger partial charge on any atom is 0.0645 e. The fourth-order valence-corrected chi connectivity index (χ4v) is 1.28. The van der Waals surface area contributed by atoms with Crippen LogP contribution >= 0.6 is 0 Å². The monoisotopic (exact) mass is 175 g/mol. The first-order valence-electron chi connectivity index (χ1n) is 4.37. The zero-order valence-electron chi connectivity index (χ0n) is 8.59. The van der Waals surface area contributed by atoms with Crippen LogP contribution in [0.2, 0.25) is 0 Å². The SMILES string of the molecule is CCC(N)(COC)C(C)COC. The normalized spacial score (nSPS) is 18.8. The highest BCUT2D eigenvalue weighted by atomic mass is 16.5. The van der Waals surface area contributed by atoms with Crippen molar-refractivity contribution in [3.05, 3.63) is 0 Å². The molecule has 0 aromatic heterocycles. The molecular weight excluding hydrogens is 154 g/mol. The standard InChI is InChI=1S/C9H21NO2/c1-5-9(10,7-12-4)8(2)6-11-3/h8H,5-7,10H2,1-4H3. The van der Waals surface area contributed by atoms with Crippen molar-refractivity contribution in [1.82, 2.24) is 0 Å². The molecule has 0 radical (unpaired) electrons. The molecule has 0 heterocycles. The maximum atomic E-state index is 6.13. The molecule has 0 aromatic rings. The minimum Gasteiger partial charge on any atom is -0.384 e. The Bertz CT molecular complexity index is 119. The van der Waals surface area contributed by atoms with Gasteiger partial charge in [-0.3, -0.25) is 0 Å². The Balaban J connectivity index is 4.08. The van der Waals surface area contributed by atoms with Crippen LogP contribution in [-0.2, 0) is 9.47 Å². The van der Waals surface area contributed by atoms with E-state index in [4.69, 9.17) is 15.2 Å². The number of nitrogens with two attached hydrogens (primary N) is 1. The quantitative estimate of drug-likeness (QED) is 0.655. The van der Waals surface area contributed by atoms with Crippen LogP contribution in [0.1, 0.15) is 20.3 Å². The maximum absolute atomic E-state index is 6.13. The third-order valence-electron chi connectivity index (χ3n) is 2.47. The van der Waals surface area contributed by atoms with Crippen LogP contribution in [-0.4, -0.2) is 33.0 Å². The summed E-state index contributed by atoms with van der Waals surface area (Å²) in [5.74, 6) is 0.326. The van der Waals surface area contributed by atoms with Crippen molar-refractivity contribution in [3.8, 4) is 0 Å². The van der Waals surface area contributed by atoms with Gasteiger partial charge in [0.2, 0.25) is 0 Å². The van der Waals surface area contributed by atoms with E-state index in [-0.39, 0.29) is 5.54 Å². The van der Waals surface area contributed by atoms with E-state index in [1.54, 1.807) is 14.2 Å². The lowest BCUT2D eigenvalue weighted by Crippen LogP contribution is -2.51. The first-order chi connectivity index (χ1) is 5.60. The molecule has 0 aliphatic carbocycles. The summed E-state index contributed by atoms with van der Waals surface area (Å²) in [4.78, 5) is 0. The van der Waals surface area contributed by atoms with Gasteiger partial charge in [-0.2, -0.15) is 0 Å². The summed E-state index contributed by atoms with van der Waals surface area (Å²) in [5, 5.41) is 0. The van der Waals surface area contributed by atoms with Crippen molar-refractivity contribution >= 4 is 0 Å². The number of rotatable bonds is 6. The summed E-state index contributed by atoms with van der Waals surface area (Å²) < 4.78 is 10.1. The summed E-state index contributed by atoms with van der Waals surface area (Å²) in [6.07, 6.45) is 0.908. The van der Waals surface area contributed by atoms with Crippen molar-refractivity contribution in [2.75, 3.05) is 27.4 Å². The highest BCUT2D eigenvalue weighted by Gasteiger charge is 2.29. The average molecular weight is 175 g/mol. The third kappa shape index (κ3) is 3.09. The Morgan fingerprint density at radius 2 is 1.92 bits per heavy atom. The van der Waals surface area contributed by atoms with Crippen LogP contribution in [0.5, 0.6) is 0 Å². The van der Waals surface area contributed by atoms with Gasteiger partial charge < -0.3 is 15.2 Å². The summed E-state index contributed by atoms with van der Waals surface area (Å²) in [6, 6.07) is 0. The second-order valence-corrected chi connectivity index (χ2v) is 3.38. The minimum atomic E-state index is -0.245. The van der Waals surface area contributed by atoms with E-state index in [2.05, 4.69) is 13.8 Å². The molecule has 2 N–H and O–H groups in total. The van der Waals surface area contributed by atoms with Gasteiger partial charge in [-0.05, 0) is 12.3 Å². The molecule has 0 aliphatic heterocycles. The molecule has 0 saturated heterocycles. The third-order valence-corrected chi connectivity index (χ3v) is 2.47. The number of hydrogen-bond acceptors (Lipinski definition) is 3. The van der Waals surface area contributed by atoms with Crippen LogP contribution < -0.4 is 5.73 Å². The second kappa shape index (κ2) is 5.51. The molecule has 2 unspecified atom stereocenters. The molecular formula is C9H21NO2. The van der Waals surface area contributed by atoms with Gasteiger partial charge in [-0.25, -0.2) is 0 Å². The van der Waals surface area contributed by atoms with Gasteiger partial charge in [0.05, 0.1) is 13.2 Å². The first-order valence-corrected chi connectivity index (χ1v) is 4.37. The predicted octanol–water partition coefficient (Wildman–Crippen LogP) is 1.02. The molecule has 0 fully saturated rings. The van der Waals surface area contributed by atoms with E-state index in [0.717, 1.165) is 6.42 Å². The van der Waals surface area contributed by atoms with Crippen LogP contribution in [0.15, 0.2) is 0 Å². The molecule has 3 nitrogen and oxygen atoms in total. The van der Waals surface area contributed by atoms with Crippen molar-refractivity contribution in [3.63, 3.8) is 0 Å². The number of hydrogen-bond donors (Lipinski definition) is 1. The first kappa shape index (κ1) is 11.9. The van der Waals surface area contributed by atoms with Crippen molar-refractivity contribution < 1.29 is 9.47 Å². The molecule has 0 aliphatic rings. The Labute approximate surface area is 75.2 Å². The lowest BCUT2D eigenvalue weighted by atomic mass is 9.85. The zero-order valence-corrected chi connectivity index (χ0v) is 8.59. The lowest BCUT2D eigenvalue weighted by molar-refractivity contribution is 0.0553. The molecule has 2 atom stereocenters. The van der Waals surface area contributed by atoms with Gasteiger partial charge in [-0.1, -0.05) is 13.8 Å². The minimum absolute atomic E-state index is 0.245. The molecule has 0 aromatic carbocycles. The summed E-state index contributed by atoms with van der Waals surface area (Å²) in [7, 11) is 3.37. The molecule has 3 heteroatoms. The van der Waals surface area contributed by atoms with E-state index < -0.39 is 0 Å².